The lowest BCUT2D eigenvalue weighted by Gasteiger charge is -2.26. The molecular weight excluding hydrogens is 498 g/mol. The summed E-state index contributed by atoms with van der Waals surface area (Å²) in [6.07, 6.45) is 2.16. The summed E-state index contributed by atoms with van der Waals surface area (Å²) < 4.78 is 17.1. The quantitative estimate of drug-likeness (QED) is 0.175. The molecule has 2 atom stereocenters. The molecule has 0 saturated heterocycles. The van der Waals surface area contributed by atoms with E-state index in [-0.39, 0.29) is 19.1 Å². The number of rotatable bonds is 13. The van der Waals surface area contributed by atoms with Gasteiger partial charge < -0.3 is 30.4 Å². The van der Waals surface area contributed by atoms with Gasteiger partial charge in [0.1, 0.15) is 12.4 Å². The number of ether oxygens (including phenoxy) is 3. The highest BCUT2D eigenvalue weighted by atomic mass is 16.6. The summed E-state index contributed by atoms with van der Waals surface area (Å²) >= 11 is 0. The van der Waals surface area contributed by atoms with Crippen LogP contribution in [0.2, 0.25) is 0 Å². The first-order valence-electron chi connectivity index (χ1n) is 12.6. The second-order valence-corrected chi connectivity index (χ2v) is 8.79. The fraction of sp³-hybridized carbons (Fsp3) is 0.267. The number of nitrogens with one attached hydrogen (secondary N) is 2. The van der Waals surface area contributed by atoms with Gasteiger partial charge in [0.2, 0.25) is 5.91 Å². The van der Waals surface area contributed by atoms with Crippen molar-refractivity contribution in [2.24, 2.45) is 0 Å². The largest absolute Gasteiger partial charge is 0.491 e. The topological polar surface area (TPSA) is 132 Å². The third-order valence-electron chi connectivity index (χ3n) is 5.82. The van der Waals surface area contributed by atoms with E-state index in [2.05, 4.69) is 10.6 Å². The van der Waals surface area contributed by atoms with Gasteiger partial charge in [-0.25, -0.2) is 4.79 Å². The van der Waals surface area contributed by atoms with E-state index in [1.807, 2.05) is 25.1 Å². The predicted molar refractivity (Wildman–Crippen MR) is 152 cm³/mol. The summed E-state index contributed by atoms with van der Waals surface area (Å²) in [5.74, 6) is 0.224. The highest BCUT2D eigenvalue weighted by Crippen LogP contribution is 2.30. The van der Waals surface area contributed by atoms with E-state index >= 15 is 0 Å². The smallest absolute Gasteiger partial charge is 0.412 e. The van der Waals surface area contributed by atoms with E-state index < -0.39 is 18.3 Å². The van der Waals surface area contributed by atoms with Crippen molar-refractivity contribution in [1.82, 2.24) is 0 Å². The average molecular weight is 534 g/mol. The molecule has 0 aromatic heterocycles. The Balaban J connectivity index is 1.70. The van der Waals surface area contributed by atoms with Gasteiger partial charge in [-0.2, -0.15) is 0 Å². The Kier molecular flexibility index (Phi) is 11.4. The van der Waals surface area contributed by atoms with Gasteiger partial charge >= 0.3 is 6.09 Å². The number of methoxy groups -OCH3 is 1. The molecule has 3 aromatic carbocycles. The minimum absolute atomic E-state index is 0.124. The number of carbonyl (C=O) groups is 2. The Morgan fingerprint density at radius 3 is 2.51 bits per heavy atom. The molecule has 0 heterocycles. The summed E-state index contributed by atoms with van der Waals surface area (Å²) in [5, 5.41) is 14.6. The number of nitrogens with two attached hydrogens (primary N) is 1. The minimum Gasteiger partial charge on any atom is -0.491 e. The number of allylic oxidation sites excluding steroid dienone is 1. The average Bonchev–Trinajstić information content (AvgIpc) is 2.93. The molecule has 0 fully saturated rings. The van der Waals surface area contributed by atoms with Crippen LogP contribution in [0.25, 0.3) is 0 Å². The van der Waals surface area contributed by atoms with Crippen LogP contribution in [-0.2, 0) is 14.3 Å². The molecule has 2 amide bonds. The van der Waals surface area contributed by atoms with Crippen LogP contribution >= 0.6 is 0 Å². The predicted octanol–water partition coefficient (Wildman–Crippen LogP) is 5.23. The number of anilines is 3. The van der Waals surface area contributed by atoms with Crippen LogP contribution < -0.4 is 21.1 Å². The highest BCUT2D eigenvalue weighted by molar-refractivity contribution is 6.01. The van der Waals surface area contributed by atoms with Crippen molar-refractivity contribution in [1.29, 1.82) is 0 Å². The number of benzene rings is 3. The number of aliphatic hydroxyl groups excluding tert-OH is 1. The maximum Gasteiger partial charge on any atom is 0.412 e. The lowest BCUT2D eigenvalue weighted by molar-refractivity contribution is -0.111. The molecular formula is C30H35N3O6. The number of hydrogen-bond acceptors (Lipinski definition) is 7. The zero-order chi connectivity index (χ0) is 28.0. The van der Waals surface area contributed by atoms with Crippen LogP contribution in [0.15, 0.2) is 84.9 Å². The third-order valence-corrected chi connectivity index (χ3v) is 5.82. The standard InChI is InChI=1S/C30H35N3O6/c1-21-14-16-23(17-15-21)32-30(36)39-29(22-8-7-9-24(20-22)38-19-18-34)27(37-2)12-5-6-13-28(35)33-26-11-4-3-10-25(26)31/h3-4,6-11,13-17,20,27,29,34H,5,12,18-19,31H2,1-2H3,(H,32,36)(H,33,35)/b13-6+/t27-,29-/m1/s1. The molecule has 9 nitrogen and oxygen atoms in total. The molecule has 0 aliphatic heterocycles. The molecule has 206 valence electrons. The molecule has 0 radical (unpaired) electrons. The fourth-order valence-electron chi connectivity index (χ4n) is 3.83. The van der Waals surface area contributed by atoms with Gasteiger partial charge in [0.15, 0.2) is 6.10 Å². The van der Waals surface area contributed by atoms with Gasteiger partial charge in [-0.15, -0.1) is 0 Å². The van der Waals surface area contributed by atoms with Crippen molar-refractivity contribution in [3.05, 3.63) is 96.1 Å². The molecule has 0 aliphatic rings. The normalized spacial score (nSPS) is 12.5. The van der Waals surface area contributed by atoms with Crippen LogP contribution in [0.5, 0.6) is 5.75 Å². The lowest BCUT2D eigenvalue weighted by atomic mass is 10.00. The first-order chi connectivity index (χ1) is 18.9. The van der Waals surface area contributed by atoms with Gasteiger partial charge in [-0.05, 0) is 67.8 Å². The molecule has 0 bridgehead atoms. The summed E-state index contributed by atoms with van der Waals surface area (Å²) in [6.45, 7) is 1.97. The first-order valence-corrected chi connectivity index (χ1v) is 12.6. The Morgan fingerprint density at radius 2 is 1.79 bits per heavy atom. The number of carbonyl (C=O) groups excluding carboxylic acids is 2. The van der Waals surface area contributed by atoms with Gasteiger partial charge in [0.25, 0.3) is 0 Å². The van der Waals surface area contributed by atoms with Crippen molar-refractivity contribution in [3.8, 4) is 5.75 Å². The zero-order valence-electron chi connectivity index (χ0n) is 22.1. The Bertz CT molecular complexity index is 1250. The molecule has 39 heavy (non-hydrogen) atoms. The van der Waals surface area contributed by atoms with E-state index in [1.165, 1.54) is 6.08 Å². The van der Waals surface area contributed by atoms with Crippen LogP contribution in [0.3, 0.4) is 0 Å². The van der Waals surface area contributed by atoms with Gasteiger partial charge in [0, 0.05) is 12.8 Å². The Hall–Kier alpha value is -4.34. The molecule has 5 N–H and O–H groups in total. The number of nitrogen functional groups attached to an aromatic ring is 1. The molecule has 3 aromatic rings. The van der Waals surface area contributed by atoms with Gasteiger partial charge in [0.05, 0.1) is 24.1 Å². The summed E-state index contributed by atoms with van der Waals surface area (Å²) in [7, 11) is 1.54. The minimum atomic E-state index is -0.774. The second-order valence-electron chi connectivity index (χ2n) is 8.79. The number of aliphatic hydroxyl groups is 1. The van der Waals surface area contributed by atoms with Crippen molar-refractivity contribution in [2.75, 3.05) is 36.7 Å². The van der Waals surface area contributed by atoms with Crippen LogP contribution in [0.1, 0.15) is 30.1 Å². The van der Waals surface area contributed by atoms with Gasteiger partial charge in [-0.3, -0.25) is 10.1 Å². The summed E-state index contributed by atoms with van der Waals surface area (Å²) in [6, 6.07) is 21.5. The summed E-state index contributed by atoms with van der Waals surface area (Å²) in [5.41, 5.74) is 9.24. The molecule has 0 aliphatic carbocycles. The second kappa shape index (κ2) is 15.2. The highest BCUT2D eigenvalue weighted by Gasteiger charge is 2.27. The maximum absolute atomic E-state index is 12.8. The maximum atomic E-state index is 12.8. The first kappa shape index (κ1) is 29.2. The Morgan fingerprint density at radius 1 is 1.03 bits per heavy atom. The van der Waals surface area contributed by atoms with Crippen LogP contribution in [0, 0.1) is 6.92 Å². The molecule has 3 rings (SSSR count). The lowest BCUT2D eigenvalue weighted by Crippen LogP contribution is -2.28. The van der Waals surface area contributed by atoms with E-state index in [4.69, 9.17) is 25.1 Å². The van der Waals surface area contributed by atoms with E-state index in [0.717, 1.165) is 5.56 Å². The van der Waals surface area contributed by atoms with E-state index in [1.54, 1.807) is 67.8 Å². The number of hydrogen-bond donors (Lipinski definition) is 4. The van der Waals surface area contributed by atoms with Crippen LogP contribution in [0.4, 0.5) is 21.9 Å². The zero-order valence-corrected chi connectivity index (χ0v) is 22.1. The van der Waals surface area contributed by atoms with Crippen molar-refractivity contribution >= 4 is 29.1 Å². The number of para-hydroxylation sites is 2. The number of amides is 2. The Labute approximate surface area is 228 Å². The SMILES string of the molecule is CO[C@H](CC/C=C/C(=O)Nc1ccccc1N)[C@H](OC(=O)Nc1ccc(C)cc1)c1cccc(OCCO)c1. The molecule has 9 heteroatoms. The molecule has 0 saturated carbocycles. The van der Waals surface area contributed by atoms with Crippen molar-refractivity contribution < 1.29 is 28.9 Å². The van der Waals surface area contributed by atoms with Crippen molar-refractivity contribution in [2.45, 2.75) is 32.0 Å². The fourth-order valence-corrected chi connectivity index (χ4v) is 3.83. The number of aryl methyl sites for hydroxylation is 1. The van der Waals surface area contributed by atoms with Crippen molar-refractivity contribution in [3.63, 3.8) is 0 Å². The van der Waals surface area contributed by atoms with E-state index in [0.29, 0.717) is 41.2 Å². The van der Waals surface area contributed by atoms with E-state index in [9.17, 15) is 9.59 Å². The third kappa shape index (κ3) is 9.48. The molecule has 0 spiro atoms. The summed E-state index contributed by atoms with van der Waals surface area (Å²) in [4.78, 5) is 25.2. The molecule has 0 unspecified atom stereocenters. The van der Waals surface area contributed by atoms with Gasteiger partial charge in [-0.1, -0.05) is 48.0 Å². The van der Waals surface area contributed by atoms with Crippen LogP contribution in [-0.4, -0.2) is 43.5 Å². The monoisotopic (exact) mass is 533 g/mol.